The summed E-state index contributed by atoms with van der Waals surface area (Å²) in [6, 6.07) is 7.86. The number of hydrogen-bond acceptors (Lipinski definition) is 9. The predicted molar refractivity (Wildman–Crippen MR) is 134 cm³/mol. The SMILES string of the molecule is C=C1[C@@H](n2cc(F)c3c(N)ncnc32)[C@H](CO)[C@H]1COP(=O)(NCC(=O)OC(C)C)Oc1ccccc1. The number of esters is 1. The molecule has 11 nitrogen and oxygen atoms in total. The number of fused-ring (bicyclic) bond motifs is 1. The first-order valence-electron chi connectivity index (χ1n) is 11.6. The van der Waals surface area contributed by atoms with Crippen molar-refractivity contribution in [3.05, 3.63) is 60.8 Å². The average molecular weight is 533 g/mol. The first-order valence-corrected chi connectivity index (χ1v) is 13.2. The Morgan fingerprint density at radius 1 is 1.32 bits per heavy atom. The van der Waals surface area contributed by atoms with E-state index in [1.165, 1.54) is 12.5 Å². The summed E-state index contributed by atoms with van der Waals surface area (Å²) >= 11 is 0. The Balaban J connectivity index is 1.50. The van der Waals surface area contributed by atoms with Crippen LogP contribution in [0, 0.1) is 17.7 Å². The van der Waals surface area contributed by atoms with Crippen LogP contribution in [0.4, 0.5) is 10.2 Å². The molecule has 4 N–H and O–H groups in total. The van der Waals surface area contributed by atoms with Crippen LogP contribution in [0.15, 0.2) is 55.0 Å². The highest BCUT2D eigenvalue weighted by atomic mass is 31.2. The third-order valence-corrected chi connectivity index (χ3v) is 7.54. The highest BCUT2D eigenvalue weighted by Gasteiger charge is 2.47. The van der Waals surface area contributed by atoms with Crippen LogP contribution in [0.25, 0.3) is 11.0 Å². The topological polar surface area (TPSA) is 151 Å². The molecule has 0 radical (unpaired) electrons. The number of para-hydroxylation sites is 1. The van der Waals surface area contributed by atoms with Crippen LogP contribution in [-0.2, 0) is 18.6 Å². The lowest BCUT2D eigenvalue weighted by atomic mass is 9.66. The molecule has 0 saturated heterocycles. The van der Waals surface area contributed by atoms with E-state index >= 15 is 0 Å². The molecular formula is C24H29FN5O6P. The molecule has 0 bridgehead atoms. The maximum Gasteiger partial charge on any atom is 0.459 e. The molecule has 1 fully saturated rings. The van der Waals surface area contributed by atoms with Gasteiger partial charge in [-0.3, -0.25) is 9.32 Å². The van der Waals surface area contributed by atoms with Gasteiger partial charge in [-0.15, -0.1) is 0 Å². The number of ether oxygens (including phenoxy) is 1. The number of aliphatic hydroxyl groups excluding tert-OH is 1. The maximum atomic E-state index is 14.6. The molecule has 3 aromatic rings. The van der Waals surface area contributed by atoms with Crippen LogP contribution in [0.5, 0.6) is 5.75 Å². The minimum Gasteiger partial charge on any atom is -0.462 e. The van der Waals surface area contributed by atoms with Gasteiger partial charge in [0.05, 0.1) is 24.1 Å². The maximum absolute atomic E-state index is 14.6. The number of nitrogen functional groups attached to an aromatic ring is 1. The van der Waals surface area contributed by atoms with Gasteiger partial charge in [0, 0.05) is 24.6 Å². The molecule has 1 aliphatic rings. The number of halogens is 1. The molecular weight excluding hydrogens is 504 g/mol. The van der Waals surface area contributed by atoms with E-state index < -0.39 is 44.0 Å². The van der Waals surface area contributed by atoms with Gasteiger partial charge < -0.3 is 24.7 Å². The smallest absolute Gasteiger partial charge is 0.459 e. The van der Waals surface area contributed by atoms with Crippen molar-refractivity contribution >= 4 is 30.6 Å². The lowest BCUT2D eigenvalue weighted by molar-refractivity contribution is -0.145. The second-order valence-corrected chi connectivity index (χ2v) is 10.6. The van der Waals surface area contributed by atoms with Crippen molar-refractivity contribution < 1.29 is 32.6 Å². The molecule has 0 amide bonds. The van der Waals surface area contributed by atoms with E-state index in [0.717, 1.165) is 0 Å². The van der Waals surface area contributed by atoms with Gasteiger partial charge in [0.25, 0.3) is 0 Å². The minimum atomic E-state index is -4.05. The zero-order chi connectivity index (χ0) is 26.7. The van der Waals surface area contributed by atoms with Crippen LogP contribution in [0.3, 0.4) is 0 Å². The van der Waals surface area contributed by atoms with Gasteiger partial charge in [-0.05, 0) is 31.6 Å². The fourth-order valence-corrected chi connectivity index (χ4v) is 5.64. The van der Waals surface area contributed by atoms with Crippen molar-refractivity contribution in [1.29, 1.82) is 0 Å². The van der Waals surface area contributed by atoms with Crippen LogP contribution in [-0.4, -0.2) is 51.5 Å². The van der Waals surface area contributed by atoms with E-state index in [1.54, 1.807) is 48.7 Å². The van der Waals surface area contributed by atoms with E-state index in [0.29, 0.717) is 5.57 Å². The van der Waals surface area contributed by atoms with Crippen molar-refractivity contribution in [3.63, 3.8) is 0 Å². The summed E-state index contributed by atoms with van der Waals surface area (Å²) < 4.78 is 46.1. The Morgan fingerprint density at radius 2 is 2.05 bits per heavy atom. The third kappa shape index (κ3) is 5.67. The number of carbonyl (C=O) groups excluding carboxylic acids is 1. The van der Waals surface area contributed by atoms with Crippen molar-refractivity contribution in [2.24, 2.45) is 11.8 Å². The zero-order valence-electron chi connectivity index (χ0n) is 20.4. The molecule has 2 heterocycles. The Labute approximate surface area is 213 Å². The number of nitrogens with one attached hydrogen (secondary N) is 1. The number of nitrogens with two attached hydrogens (primary N) is 1. The van der Waals surface area contributed by atoms with Crippen LogP contribution in [0.2, 0.25) is 0 Å². The fraction of sp³-hybridized carbons (Fsp3) is 0.375. The minimum absolute atomic E-state index is 0.00712. The highest BCUT2D eigenvalue weighted by molar-refractivity contribution is 7.52. The van der Waals surface area contributed by atoms with E-state index in [-0.39, 0.29) is 41.9 Å². The summed E-state index contributed by atoms with van der Waals surface area (Å²) in [6.07, 6.45) is 2.13. The Kier molecular flexibility index (Phi) is 7.93. The van der Waals surface area contributed by atoms with Crippen molar-refractivity contribution in [3.8, 4) is 5.75 Å². The molecule has 0 aliphatic heterocycles. The molecule has 198 valence electrons. The number of rotatable bonds is 11. The summed E-state index contributed by atoms with van der Waals surface area (Å²) in [5.41, 5.74) is 6.70. The molecule has 0 spiro atoms. The monoisotopic (exact) mass is 533 g/mol. The first-order chi connectivity index (χ1) is 17.6. The molecule has 37 heavy (non-hydrogen) atoms. The van der Waals surface area contributed by atoms with Gasteiger partial charge in [0.15, 0.2) is 5.82 Å². The summed E-state index contributed by atoms with van der Waals surface area (Å²) in [4.78, 5) is 20.0. The summed E-state index contributed by atoms with van der Waals surface area (Å²) in [7, 11) is -4.05. The van der Waals surface area contributed by atoms with Gasteiger partial charge in [-0.25, -0.2) is 24.0 Å². The molecule has 2 aromatic heterocycles. The number of nitrogens with zero attached hydrogens (tertiary/aromatic N) is 3. The molecule has 4 rings (SSSR count). The highest BCUT2D eigenvalue weighted by Crippen LogP contribution is 2.52. The summed E-state index contributed by atoms with van der Waals surface area (Å²) in [5, 5.41) is 12.8. The van der Waals surface area contributed by atoms with Crippen LogP contribution >= 0.6 is 7.75 Å². The fourth-order valence-electron chi connectivity index (χ4n) is 4.36. The van der Waals surface area contributed by atoms with Crippen molar-refractivity contribution in [2.45, 2.75) is 26.0 Å². The van der Waals surface area contributed by atoms with Gasteiger partial charge in [-0.2, -0.15) is 0 Å². The Hall–Kier alpha value is -3.31. The predicted octanol–water partition coefficient (Wildman–Crippen LogP) is 3.23. The second kappa shape index (κ2) is 11.0. The molecule has 4 atom stereocenters. The second-order valence-electron chi connectivity index (χ2n) is 8.89. The van der Waals surface area contributed by atoms with Crippen LogP contribution < -0.4 is 15.3 Å². The van der Waals surface area contributed by atoms with E-state index in [9.17, 15) is 18.9 Å². The van der Waals surface area contributed by atoms with Crippen molar-refractivity contribution in [1.82, 2.24) is 19.6 Å². The first kappa shape index (κ1) is 26.7. The van der Waals surface area contributed by atoms with E-state index in [4.69, 9.17) is 19.5 Å². The Morgan fingerprint density at radius 3 is 2.73 bits per heavy atom. The molecule has 1 aliphatic carbocycles. The van der Waals surface area contributed by atoms with E-state index in [1.807, 2.05) is 0 Å². The number of anilines is 1. The summed E-state index contributed by atoms with van der Waals surface area (Å²) in [5.74, 6) is -1.82. The quantitative estimate of drug-likeness (QED) is 0.190. The molecule has 1 unspecified atom stereocenters. The van der Waals surface area contributed by atoms with Gasteiger partial charge >= 0.3 is 13.7 Å². The zero-order valence-corrected chi connectivity index (χ0v) is 21.3. The van der Waals surface area contributed by atoms with Crippen molar-refractivity contribution in [2.75, 3.05) is 25.5 Å². The van der Waals surface area contributed by atoms with Gasteiger partial charge in [0.2, 0.25) is 0 Å². The van der Waals surface area contributed by atoms with Gasteiger partial charge in [-0.1, -0.05) is 24.8 Å². The largest absolute Gasteiger partial charge is 0.462 e. The number of aromatic nitrogens is 3. The number of carbonyl (C=O) groups is 1. The molecule has 1 saturated carbocycles. The number of benzene rings is 1. The standard InChI is InChI=1S/C24H29FN5O6P/c1-14(2)35-20(32)9-29-37(33,36-16-7-5-4-6-8-16)34-12-18-15(3)22(17(18)11-31)30-10-19(25)21-23(26)27-13-28-24(21)30/h4-8,10,13-14,17-18,22,31H,3,9,11-12H2,1-2H3,(H,29,33)(H2,26,27,28)/t17-,18+,22-,37?/m1/s1. The normalized spacial score (nSPS) is 21.0. The number of aliphatic hydroxyl groups is 1. The average Bonchev–Trinajstić information content (AvgIpc) is 3.18. The summed E-state index contributed by atoms with van der Waals surface area (Å²) in [6.45, 7) is 6.66. The third-order valence-electron chi connectivity index (χ3n) is 6.06. The van der Waals surface area contributed by atoms with Gasteiger partial charge in [0.1, 0.15) is 30.1 Å². The Bertz CT molecular complexity index is 1330. The molecule has 13 heteroatoms. The molecule has 1 aromatic carbocycles. The number of hydrogen-bond donors (Lipinski definition) is 3. The lowest BCUT2D eigenvalue weighted by Crippen LogP contribution is -2.45. The van der Waals surface area contributed by atoms with E-state index in [2.05, 4.69) is 21.6 Å². The van der Waals surface area contributed by atoms with Crippen LogP contribution in [0.1, 0.15) is 19.9 Å². The lowest BCUT2D eigenvalue weighted by Gasteiger charge is -2.47.